The second kappa shape index (κ2) is 11.7. The Morgan fingerprint density at radius 2 is 1.65 bits per heavy atom. The molecule has 0 spiro atoms. The van der Waals surface area contributed by atoms with Gasteiger partial charge in [0.15, 0.2) is 0 Å². The van der Waals surface area contributed by atoms with Crippen molar-refractivity contribution in [2.24, 2.45) is 4.99 Å². The minimum absolute atomic E-state index is 0.164. The fraction of sp³-hybridized carbons (Fsp3) is 0.0968. The van der Waals surface area contributed by atoms with Crippen molar-refractivity contribution >= 4 is 23.3 Å². The summed E-state index contributed by atoms with van der Waals surface area (Å²) >= 11 is 0. The standard InChI is InChI=1S/C31H27N3O3/c1-21-15-16-22(2)24(18-21)19-25(31(36)37)20-33-29(23-10-4-3-5-11-23)26-12-6-7-13-27(26)34-30(35)28-14-8-9-17-32-28/h3-18,20H,19H2,1-2H3,(H,34,35)(H,36,37)/b25-20-,33-29?. The molecule has 0 fully saturated rings. The molecule has 6 heteroatoms. The first-order valence-electron chi connectivity index (χ1n) is 11.9. The first-order chi connectivity index (χ1) is 17.9. The van der Waals surface area contributed by atoms with Crippen molar-refractivity contribution in [2.45, 2.75) is 20.3 Å². The van der Waals surface area contributed by atoms with Crippen LogP contribution in [0.5, 0.6) is 0 Å². The molecular formula is C31H27N3O3. The highest BCUT2D eigenvalue weighted by Crippen LogP contribution is 2.22. The quantitative estimate of drug-likeness (QED) is 0.235. The van der Waals surface area contributed by atoms with E-state index in [4.69, 9.17) is 0 Å². The minimum Gasteiger partial charge on any atom is -0.478 e. The first-order valence-corrected chi connectivity index (χ1v) is 11.9. The van der Waals surface area contributed by atoms with E-state index in [2.05, 4.69) is 15.3 Å². The largest absolute Gasteiger partial charge is 0.478 e. The normalized spacial score (nSPS) is 11.7. The minimum atomic E-state index is -1.03. The summed E-state index contributed by atoms with van der Waals surface area (Å²) in [7, 11) is 0. The number of carboxylic acid groups (broad SMARTS) is 1. The molecule has 1 aromatic heterocycles. The Balaban J connectivity index is 1.77. The Kier molecular flexibility index (Phi) is 8.01. The Morgan fingerprint density at radius 1 is 0.919 bits per heavy atom. The van der Waals surface area contributed by atoms with Crippen LogP contribution in [-0.4, -0.2) is 27.7 Å². The van der Waals surface area contributed by atoms with E-state index in [1.807, 2.05) is 80.6 Å². The number of aryl methyl sites for hydroxylation is 2. The van der Waals surface area contributed by atoms with Crippen LogP contribution in [0.25, 0.3) is 0 Å². The van der Waals surface area contributed by atoms with Crippen LogP contribution in [0, 0.1) is 13.8 Å². The summed E-state index contributed by atoms with van der Waals surface area (Å²) in [5.41, 5.74) is 6.00. The monoisotopic (exact) mass is 489 g/mol. The number of aliphatic imine (C=N–C) groups is 1. The predicted octanol–water partition coefficient (Wildman–Crippen LogP) is 6.00. The molecule has 0 atom stereocenters. The lowest BCUT2D eigenvalue weighted by molar-refractivity contribution is -0.132. The Labute approximate surface area is 216 Å². The fourth-order valence-corrected chi connectivity index (χ4v) is 3.89. The number of carbonyl (C=O) groups excluding carboxylic acids is 1. The van der Waals surface area contributed by atoms with Crippen molar-refractivity contribution in [3.05, 3.63) is 142 Å². The summed E-state index contributed by atoms with van der Waals surface area (Å²) in [6, 6.07) is 27.9. The van der Waals surface area contributed by atoms with Crippen LogP contribution >= 0.6 is 0 Å². The maximum absolute atomic E-state index is 12.8. The average molecular weight is 490 g/mol. The van der Waals surface area contributed by atoms with Crippen molar-refractivity contribution in [3.8, 4) is 0 Å². The van der Waals surface area contributed by atoms with Gasteiger partial charge in [-0.15, -0.1) is 0 Å². The number of nitrogens with zero attached hydrogens (tertiary/aromatic N) is 2. The van der Waals surface area contributed by atoms with E-state index in [0.717, 1.165) is 22.3 Å². The van der Waals surface area contributed by atoms with Gasteiger partial charge in [0.1, 0.15) is 5.69 Å². The zero-order valence-corrected chi connectivity index (χ0v) is 20.7. The van der Waals surface area contributed by atoms with E-state index in [9.17, 15) is 14.7 Å². The van der Waals surface area contributed by atoms with Crippen molar-refractivity contribution in [3.63, 3.8) is 0 Å². The number of hydrogen-bond acceptors (Lipinski definition) is 4. The van der Waals surface area contributed by atoms with E-state index in [1.165, 1.54) is 6.20 Å². The smallest absolute Gasteiger partial charge is 0.333 e. The molecule has 3 aromatic carbocycles. The van der Waals surface area contributed by atoms with Crippen LogP contribution in [0.1, 0.15) is 38.3 Å². The van der Waals surface area contributed by atoms with Gasteiger partial charge in [0.25, 0.3) is 5.91 Å². The summed E-state index contributed by atoms with van der Waals surface area (Å²) in [4.78, 5) is 33.8. The van der Waals surface area contributed by atoms with E-state index in [1.54, 1.807) is 30.5 Å². The van der Waals surface area contributed by atoms with Gasteiger partial charge in [-0.1, -0.05) is 78.4 Å². The molecule has 0 saturated carbocycles. The lowest BCUT2D eigenvalue weighted by Gasteiger charge is -2.13. The number of rotatable bonds is 8. The predicted molar refractivity (Wildman–Crippen MR) is 146 cm³/mol. The topological polar surface area (TPSA) is 91.7 Å². The fourth-order valence-electron chi connectivity index (χ4n) is 3.89. The highest BCUT2D eigenvalue weighted by atomic mass is 16.4. The Bertz CT molecular complexity index is 1480. The molecule has 0 aliphatic carbocycles. The van der Waals surface area contributed by atoms with E-state index >= 15 is 0 Å². The molecule has 0 aliphatic heterocycles. The van der Waals surface area contributed by atoms with Crippen LogP contribution in [-0.2, 0) is 11.2 Å². The molecule has 4 rings (SSSR count). The van der Waals surface area contributed by atoms with E-state index in [0.29, 0.717) is 17.0 Å². The van der Waals surface area contributed by atoms with Gasteiger partial charge in [0, 0.05) is 29.9 Å². The number of amides is 1. The summed E-state index contributed by atoms with van der Waals surface area (Å²) in [5, 5.41) is 12.9. The number of carbonyl (C=O) groups is 2. The molecule has 184 valence electrons. The third kappa shape index (κ3) is 6.44. The summed E-state index contributed by atoms with van der Waals surface area (Å²) in [6.07, 6.45) is 3.21. The van der Waals surface area contributed by atoms with Gasteiger partial charge in [-0.05, 0) is 43.2 Å². The molecule has 4 aromatic rings. The van der Waals surface area contributed by atoms with Crippen molar-refractivity contribution < 1.29 is 14.7 Å². The Morgan fingerprint density at radius 3 is 2.38 bits per heavy atom. The number of aromatic nitrogens is 1. The van der Waals surface area contributed by atoms with Crippen molar-refractivity contribution in [1.29, 1.82) is 0 Å². The van der Waals surface area contributed by atoms with E-state index < -0.39 is 5.97 Å². The number of nitrogens with one attached hydrogen (secondary N) is 1. The average Bonchev–Trinajstić information content (AvgIpc) is 2.91. The van der Waals surface area contributed by atoms with Crippen LogP contribution in [0.4, 0.5) is 5.69 Å². The zero-order valence-electron chi connectivity index (χ0n) is 20.7. The van der Waals surface area contributed by atoms with Gasteiger partial charge < -0.3 is 10.4 Å². The number of anilines is 1. The maximum Gasteiger partial charge on any atom is 0.333 e. The molecule has 1 heterocycles. The Hall–Kier alpha value is -4.84. The second-order valence-electron chi connectivity index (χ2n) is 8.62. The lowest BCUT2D eigenvalue weighted by atomic mass is 9.98. The van der Waals surface area contributed by atoms with E-state index in [-0.39, 0.29) is 23.6 Å². The van der Waals surface area contributed by atoms with Crippen LogP contribution in [0.15, 0.2) is 114 Å². The SMILES string of the molecule is Cc1ccc(C)c(C/C(=C/N=C(c2ccccc2)c2ccccc2NC(=O)c2ccccn2)C(=O)O)c1. The first kappa shape index (κ1) is 25.3. The van der Waals surface area contributed by atoms with Crippen molar-refractivity contribution in [1.82, 2.24) is 4.98 Å². The number of aliphatic carboxylic acids is 1. The maximum atomic E-state index is 12.8. The molecule has 6 nitrogen and oxygen atoms in total. The van der Waals surface area contributed by atoms with Crippen molar-refractivity contribution in [2.75, 3.05) is 5.32 Å². The lowest BCUT2D eigenvalue weighted by Crippen LogP contribution is -2.16. The van der Waals surface area contributed by atoms with Crippen LogP contribution in [0.3, 0.4) is 0 Å². The summed E-state index contributed by atoms with van der Waals surface area (Å²) in [6.45, 7) is 3.95. The zero-order chi connectivity index (χ0) is 26.2. The molecule has 0 aliphatic rings. The molecule has 0 unspecified atom stereocenters. The van der Waals surface area contributed by atoms with Crippen LogP contribution < -0.4 is 5.32 Å². The summed E-state index contributed by atoms with van der Waals surface area (Å²) < 4.78 is 0. The molecule has 0 saturated heterocycles. The van der Waals surface area contributed by atoms with Gasteiger partial charge >= 0.3 is 5.97 Å². The molecule has 37 heavy (non-hydrogen) atoms. The number of benzene rings is 3. The highest BCUT2D eigenvalue weighted by Gasteiger charge is 2.16. The molecular weight excluding hydrogens is 462 g/mol. The number of carboxylic acids is 1. The van der Waals surface area contributed by atoms with Gasteiger partial charge in [0.05, 0.1) is 17.0 Å². The number of para-hydroxylation sites is 1. The molecule has 0 radical (unpaired) electrons. The number of hydrogen-bond donors (Lipinski definition) is 2. The number of pyridine rings is 1. The third-order valence-electron chi connectivity index (χ3n) is 5.88. The van der Waals surface area contributed by atoms with Gasteiger partial charge in [-0.25, -0.2) is 4.79 Å². The van der Waals surface area contributed by atoms with Gasteiger partial charge in [-0.3, -0.25) is 14.8 Å². The highest BCUT2D eigenvalue weighted by molar-refractivity contribution is 6.18. The second-order valence-corrected chi connectivity index (χ2v) is 8.62. The van der Waals surface area contributed by atoms with Crippen LogP contribution in [0.2, 0.25) is 0 Å². The third-order valence-corrected chi connectivity index (χ3v) is 5.88. The molecule has 1 amide bonds. The van der Waals surface area contributed by atoms with Gasteiger partial charge in [0.2, 0.25) is 0 Å². The molecule has 2 N–H and O–H groups in total. The van der Waals surface area contributed by atoms with Gasteiger partial charge in [-0.2, -0.15) is 0 Å². The summed E-state index contributed by atoms with van der Waals surface area (Å²) in [5.74, 6) is -1.38. The molecule has 0 bridgehead atoms.